The van der Waals surface area contributed by atoms with E-state index < -0.39 is 0 Å². The maximum absolute atomic E-state index is 12.2. The van der Waals surface area contributed by atoms with Crippen LogP contribution in [-0.2, 0) is 13.0 Å². The number of likely N-dealkylation sites (tertiary alicyclic amines) is 1. The number of thiophene rings is 1. The van der Waals surface area contributed by atoms with Gasteiger partial charge in [0.2, 0.25) is 0 Å². The predicted molar refractivity (Wildman–Crippen MR) is 100 cm³/mol. The number of nitrogens with one attached hydrogen (secondary N) is 1. The van der Waals surface area contributed by atoms with Crippen molar-refractivity contribution in [1.29, 1.82) is 0 Å². The molecule has 1 N–H and O–H groups in total. The normalized spacial score (nSPS) is 16.2. The van der Waals surface area contributed by atoms with E-state index in [0.29, 0.717) is 5.92 Å². The molecule has 2 heterocycles. The zero-order chi connectivity index (χ0) is 16.8. The second-order valence-electron chi connectivity index (χ2n) is 6.56. The highest BCUT2D eigenvalue weighted by atomic mass is 32.1. The highest BCUT2D eigenvalue weighted by Crippen LogP contribution is 2.20. The number of amides is 1. The van der Waals surface area contributed by atoms with Gasteiger partial charge < -0.3 is 5.32 Å². The van der Waals surface area contributed by atoms with Gasteiger partial charge in [-0.1, -0.05) is 25.1 Å². The smallest absolute Gasteiger partial charge is 0.251 e. The Bertz CT molecular complexity index is 628. The average molecular weight is 343 g/mol. The van der Waals surface area contributed by atoms with Gasteiger partial charge in [-0.25, -0.2) is 0 Å². The van der Waals surface area contributed by atoms with E-state index >= 15 is 0 Å². The van der Waals surface area contributed by atoms with Crippen LogP contribution in [0.25, 0.3) is 0 Å². The summed E-state index contributed by atoms with van der Waals surface area (Å²) in [4.78, 5) is 16.2. The van der Waals surface area contributed by atoms with Gasteiger partial charge in [0.1, 0.15) is 0 Å². The monoisotopic (exact) mass is 342 g/mol. The van der Waals surface area contributed by atoms with Crippen LogP contribution < -0.4 is 5.32 Å². The Morgan fingerprint density at radius 1 is 1.21 bits per heavy atom. The maximum Gasteiger partial charge on any atom is 0.251 e. The molecule has 3 rings (SSSR count). The summed E-state index contributed by atoms with van der Waals surface area (Å²) in [6, 6.07) is 12.3. The molecule has 1 saturated heterocycles. The molecule has 0 saturated carbocycles. The fourth-order valence-corrected chi connectivity index (χ4v) is 3.95. The lowest BCUT2D eigenvalue weighted by molar-refractivity contribution is 0.0935. The van der Waals surface area contributed by atoms with E-state index in [1.54, 1.807) is 0 Å². The minimum atomic E-state index is 0.0543. The summed E-state index contributed by atoms with van der Waals surface area (Å²) < 4.78 is 0. The zero-order valence-corrected chi connectivity index (χ0v) is 15.1. The number of rotatable bonds is 6. The molecule has 0 unspecified atom stereocenters. The van der Waals surface area contributed by atoms with Gasteiger partial charge in [-0.3, -0.25) is 9.69 Å². The number of carbonyl (C=O) groups is 1. The molecule has 1 fully saturated rings. The van der Waals surface area contributed by atoms with E-state index in [4.69, 9.17) is 0 Å². The number of hydrogen-bond donors (Lipinski definition) is 1. The third-order valence-corrected chi connectivity index (χ3v) is 5.70. The minimum absolute atomic E-state index is 0.0543. The first kappa shape index (κ1) is 17.2. The molecule has 2 aromatic rings. The summed E-state index contributed by atoms with van der Waals surface area (Å²) in [6.07, 6.45) is 3.34. The lowest BCUT2D eigenvalue weighted by Crippen LogP contribution is -2.38. The van der Waals surface area contributed by atoms with Crippen LogP contribution in [0.1, 0.15) is 40.6 Å². The van der Waals surface area contributed by atoms with Gasteiger partial charge in [-0.2, -0.15) is 0 Å². The van der Waals surface area contributed by atoms with Crippen LogP contribution in [0.3, 0.4) is 0 Å². The van der Waals surface area contributed by atoms with Crippen LogP contribution in [0.5, 0.6) is 0 Å². The van der Waals surface area contributed by atoms with Crippen molar-refractivity contribution in [3.8, 4) is 0 Å². The van der Waals surface area contributed by atoms with E-state index in [9.17, 15) is 4.79 Å². The van der Waals surface area contributed by atoms with Crippen molar-refractivity contribution in [2.75, 3.05) is 19.6 Å². The van der Waals surface area contributed by atoms with E-state index in [0.717, 1.165) is 38.2 Å². The van der Waals surface area contributed by atoms with Crippen LogP contribution >= 0.6 is 11.3 Å². The molecule has 0 spiro atoms. The van der Waals surface area contributed by atoms with Crippen LogP contribution in [0.15, 0.2) is 41.8 Å². The maximum atomic E-state index is 12.2. The Balaban J connectivity index is 1.40. The summed E-state index contributed by atoms with van der Waals surface area (Å²) in [6.45, 7) is 6.24. The molecule has 1 aliphatic rings. The first-order valence-electron chi connectivity index (χ1n) is 8.86. The molecule has 0 aliphatic carbocycles. The molecule has 24 heavy (non-hydrogen) atoms. The van der Waals surface area contributed by atoms with Gasteiger partial charge in [0, 0.05) is 23.5 Å². The molecule has 3 nitrogen and oxygen atoms in total. The standard InChI is InChI=1S/C20H26N2OS/c1-2-16-5-7-18(8-6-16)20(23)21-14-17-9-11-22(12-10-17)15-19-4-3-13-24-19/h3-8,13,17H,2,9-12,14-15H2,1H3,(H,21,23). The molecular weight excluding hydrogens is 316 g/mol. The zero-order valence-electron chi connectivity index (χ0n) is 14.3. The van der Waals surface area contributed by atoms with Crippen molar-refractivity contribution in [3.05, 3.63) is 57.8 Å². The lowest BCUT2D eigenvalue weighted by atomic mass is 9.96. The van der Waals surface area contributed by atoms with Crippen LogP contribution in [0.4, 0.5) is 0 Å². The van der Waals surface area contributed by atoms with Crippen molar-refractivity contribution in [3.63, 3.8) is 0 Å². The van der Waals surface area contributed by atoms with Crippen molar-refractivity contribution >= 4 is 17.2 Å². The summed E-state index contributed by atoms with van der Waals surface area (Å²) in [5, 5.41) is 5.25. The largest absolute Gasteiger partial charge is 0.352 e. The summed E-state index contributed by atoms with van der Waals surface area (Å²) in [7, 11) is 0. The van der Waals surface area contributed by atoms with Gasteiger partial charge in [0.15, 0.2) is 0 Å². The van der Waals surface area contributed by atoms with Gasteiger partial charge in [-0.05, 0) is 67.4 Å². The fourth-order valence-electron chi connectivity index (χ4n) is 3.20. The molecular formula is C20H26N2OS. The number of hydrogen-bond acceptors (Lipinski definition) is 3. The van der Waals surface area contributed by atoms with E-state index in [1.807, 2.05) is 35.6 Å². The fraction of sp³-hybridized carbons (Fsp3) is 0.450. The summed E-state index contributed by atoms with van der Waals surface area (Å²) in [5.41, 5.74) is 2.03. The number of benzene rings is 1. The number of carbonyl (C=O) groups excluding carboxylic acids is 1. The third-order valence-electron chi connectivity index (χ3n) is 4.84. The van der Waals surface area contributed by atoms with E-state index in [1.165, 1.54) is 23.3 Å². The van der Waals surface area contributed by atoms with Crippen molar-refractivity contribution in [2.24, 2.45) is 5.92 Å². The molecule has 0 bridgehead atoms. The number of aryl methyl sites for hydroxylation is 1. The van der Waals surface area contributed by atoms with Crippen LogP contribution in [-0.4, -0.2) is 30.4 Å². The van der Waals surface area contributed by atoms with Crippen molar-refractivity contribution in [2.45, 2.75) is 32.7 Å². The number of nitrogens with zero attached hydrogens (tertiary/aromatic N) is 1. The summed E-state index contributed by atoms with van der Waals surface area (Å²) in [5.74, 6) is 0.655. The second kappa shape index (κ2) is 8.45. The second-order valence-corrected chi connectivity index (χ2v) is 7.59. The molecule has 1 aliphatic heterocycles. The molecule has 0 atom stereocenters. The lowest BCUT2D eigenvalue weighted by Gasteiger charge is -2.31. The van der Waals surface area contributed by atoms with E-state index in [-0.39, 0.29) is 5.91 Å². The van der Waals surface area contributed by atoms with Crippen LogP contribution in [0.2, 0.25) is 0 Å². The highest BCUT2D eigenvalue weighted by Gasteiger charge is 2.20. The topological polar surface area (TPSA) is 32.3 Å². The van der Waals surface area contributed by atoms with Crippen molar-refractivity contribution < 1.29 is 4.79 Å². The molecule has 4 heteroatoms. The highest BCUT2D eigenvalue weighted by molar-refractivity contribution is 7.09. The van der Waals surface area contributed by atoms with Crippen LogP contribution in [0, 0.1) is 5.92 Å². The molecule has 1 aromatic heterocycles. The van der Waals surface area contributed by atoms with E-state index in [2.05, 4.69) is 34.7 Å². The summed E-state index contributed by atoms with van der Waals surface area (Å²) >= 11 is 1.83. The van der Waals surface area contributed by atoms with Crippen molar-refractivity contribution in [1.82, 2.24) is 10.2 Å². The van der Waals surface area contributed by atoms with Gasteiger partial charge >= 0.3 is 0 Å². The Hall–Kier alpha value is -1.65. The molecule has 1 amide bonds. The first-order chi connectivity index (χ1) is 11.7. The third kappa shape index (κ3) is 4.68. The Labute approximate surface area is 148 Å². The molecule has 1 aromatic carbocycles. The SMILES string of the molecule is CCc1ccc(C(=O)NCC2CCN(Cc3cccs3)CC2)cc1. The Morgan fingerprint density at radius 3 is 2.58 bits per heavy atom. The number of piperidine rings is 1. The molecule has 0 radical (unpaired) electrons. The van der Waals surface area contributed by atoms with Gasteiger partial charge in [0.05, 0.1) is 0 Å². The quantitative estimate of drug-likeness (QED) is 0.862. The predicted octanol–water partition coefficient (Wildman–Crippen LogP) is 3.95. The van der Waals surface area contributed by atoms with Gasteiger partial charge in [0.25, 0.3) is 5.91 Å². The molecule has 128 valence electrons. The Morgan fingerprint density at radius 2 is 1.96 bits per heavy atom. The Kier molecular flexibility index (Phi) is 6.05. The van der Waals surface area contributed by atoms with Gasteiger partial charge in [-0.15, -0.1) is 11.3 Å². The first-order valence-corrected chi connectivity index (χ1v) is 9.74. The average Bonchev–Trinajstić information content (AvgIpc) is 3.14. The minimum Gasteiger partial charge on any atom is -0.352 e.